The number of rotatable bonds is 3. The Morgan fingerprint density at radius 1 is 1.25 bits per heavy atom. The van der Waals surface area contributed by atoms with E-state index in [0.717, 1.165) is 40.8 Å². The van der Waals surface area contributed by atoms with Gasteiger partial charge in [-0.2, -0.15) is 0 Å². The number of nitrogen functional groups attached to an aromatic ring is 1. The maximum atomic E-state index is 13.8. The summed E-state index contributed by atoms with van der Waals surface area (Å²) in [6, 6.07) is 3.54. The van der Waals surface area contributed by atoms with Crippen molar-refractivity contribution in [3.05, 3.63) is 35.4 Å². The first kappa shape index (κ1) is 23.2. The number of anilines is 1. The van der Waals surface area contributed by atoms with Gasteiger partial charge in [0.25, 0.3) is 0 Å². The van der Waals surface area contributed by atoms with Crippen molar-refractivity contribution in [2.24, 2.45) is 0 Å². The molecule has 0 aliphatic carbocycles. The van der Waals surface area contributed by atoms with Crippen molar-refractivity contribution in [3.8, 4) is 11.3 Å². The molecule has 1 atom stereocenters. The summed E-state index contributed by atoms with van der Waals surface area (Å²) < 4.78 is 7.67. The fourth-order valence-corrected chi connectivity index (χ4v) is 6.03. The molecular weight excluding hydrogens is 480 g/mol. The Morgan fingerprint density at radius 3 is 2.78 bits per heavy atom. The van der Waals surface area contributed by atoms with Gasteiger partial charge in [-0.05, 0) is 32.9 Å². The van der Waals surface area contributed by atoms with Crippen LogP contribution in [0, 0.1) is 0 Å². The molecule has 10 nitrogen and oxygen atoms in total. The van der Waals surface area contributed by atoms with Gasteiger partial charge in [-0.1, -0.05) is 11.6 Å². The van der Waals surface area contributed by atoms with E-state index in [1.165, 1.54) is 6.33 Å². The summed E-state index contributed by atoms with van der Waals surface area (Å²) >= 11 is 6.90. The minimum Gasteiger partial charge on any atom is -0.383 e. The van der Waals surface area contributed by atoms with Gasteiger partial charge in [0.2, 0.25) is 5.91 Å². The van der Waals surface area contributed by atoms with Gasteiger partial charge in [0.15, 0.2) is 0 Å². The highest BCUT2D eigenvalue weighted by molar-refractivity contribution is 6.38. The molecular formula is C25H29ClN8O2. The third-order valence-corrected chi connectivity index (χ3v) is 7.81. The molecule has 6 heterocycles. The Morgan fingerprint density at radius 2 is 2.03 bits per heavy atom. The number of nitrogens with one attached hydrogen (secondary N) is 1. The second kappa shape index (κ2) is 8.43. The topological polar surface area (TPSA) is 118 Å². The summed E-state index contributed by atoms with van der Waals surface area (Å²) in [5, 5.41) is 2.10. The van der Waals surface area contributed by atoms with Crippen LogP contribution in [0.2, 0.25) is 5.02 Å². The quantitative estimate of drug-likeness (QED) is 0.436. The monoisotopic (exact) mass is 508 g/mol. The van der Waals surface area contributed by atoms with Crippen molar-refractivity contribution in [2.45, 2.75) is 38.9 Å². The van der Waals surface area contributed by atoms with Crippen LogP contribution in [0.15, 0.2) is 24.7 Å². The second-order valence-electron chi connectivity index (χ2n) is 10.2. The fraction of sp³-hybridized carbons (Fsp3) is 0.440. The normalized spacial score (nSPS) is 19.1. The lowest BCUT2D eigenvalue weighted by molar-refractivity contribution is -0.141. The van der Waals surface area contributed by atoms with Crippen molar-refractivity contribution in [1.29, 1.82) is 0 Å². The first-order valence-electron chi connectivity index (χ1n) is 12.2. The Balaban J connectivity index is 1.53. The van der Waals surface area contributed by atoms with Gasteiger partial charge < -0.3 is 24.9 Å². The summed E-state index contributed by atoms with van der Waals surface area (Å²) in [5.74, 6) is 0.464. The Hall–Kier alpha value is -3.21. The summed E-state index contributed by atoms with van der Waals surface area (Å²) in [7, 11) is 0. The maximum Gasteiger partial charge on any atom is 0.240 e. The number of fused-ring (bicyclic) bond motifs is 4. The van der Waals surface area contributed by atoms with Gasteiger partial charge in [-0.3, -0.25) is 9.69 Å². The predicted molar refractivity (Wildman–Crippen MR) is 139 cm³/mol. The summed E-state index contributed by atoms with van der Waals surface area (Å²) in [5.41, 5.74) is 9.86. The third kappa shape index (κ3) is 3.47. The van der Waals surface area contributed by atoms with E-state index >= 15 is 0 Å². The standard InChI is InChI=1S/C25H29ClN8O2/c1-14(32-7-9-36-10-8-32)24(35)33-11-16-17(20-19(26)15-5-4-6-28-22(15)31-20)18-21(27)29-13-30-23(18)34(16)25(2,3)12-33/h4-6,13-14H,7-12H2,1-3H3,(H,28,31)(H2,27,29,30)/t14-/m1/s1. The molecule has 0 radical (unpaired) electrons. The van der Waals surface area contributed by atoms with E-state index in [-0.39, 0.29) is 11.9 Å². The average Bonchev–Trinajstić information content (AvgIpc) is 3.39. The number of carbonyl (C=O) groups excluding carboxylic acids is 1. The van der Waals surface area contributed by atoms with Crippen molar-refractivity contribution < 1.29 is 9.53 Å². The van der Waals surface area contributed by atoms with E-state index in [2.05, 4.69) is 43.3 Å². The van der Waals surface area contributed by atoms with Gasteiger partial charge in [-0.25, -0.2) is 15.0 Å². The van der Waals surface area contributed by atoms with Gasteiger partial charge in [0, 0.05) is 42.5 Å². The lowest BCUT2D eigenvalue weighted by atomic mass is 9.98. The highest BCUT2D eigenvalue weighted by atomic mass is 35.5. The van der Waals surface area contributed by atoms with E-state index in [9.17, 15) is 4.79 Å². The molecule has 36 heavy (non-hydrogen) atoms. The SMILES string of the molecule is C[C@H](C(=O)N1Cc2c(-c3[nH]c4ncccc4c3Cl)c3c(N)ncnc3n2C(C)(C)C1)N1CCOCC1. The molecule has 1 fully saturated rings. The van der Waals surface area contributed by atoms with Gasteiger partial charge in [0.1, 0.15) is 23.4 Å². The Labute approximate surface area is 213 Å². The third-order valence-electron chi connectivity index (χ3n) is 7.42. The molecule has 0 saturated carbocycles. The first-order chi connectivity index (χ1) is 17.3. The highest BCUT2D eigenvalue weighted by Crippen LogP contribution is 2.45. The van der Waals surface area contributed by atoms with Crippen LogP contribution < -0.4 is 5.73 Å². The van der Waals surface area contributed by atoms with Crippen LogP contribution in [0.4, 0.5) is 5.82 Å². The lowest BCUT2D eigenvalue weighted by Crippen LogP contribution is -2.55. The van der Waals surface area contributed by atoms with Crippen LogP contribution in [0.5, 0.6) is 0 Å². The number of halogens is 1. The molecule has 6 rings (SSSR count). The van der Waals surface area contributed by atoms with Crippen LogP contribution in [-0.4, -0.2) is 79.1 Å². The predicted octanol–water partition coefficient (Wildman–Crippen LogP) is 3.01. The van der Waals surface area contributed by atoms with Gasteiger partial charge >= 0.3 is 0 Å². The summed E-state index contributed by atoms with van der Waals surface area (Å²) in [4.78, 5) is 34.7. The van der Waals surface area contributed by atoms with E-state index in [4.69, 9.17) is 22.1 Å². The summed E-state index contributed by atoms with van der Waals surface area (Å²) in [6.07, 6.45) is 3.21. The zero-order valence-electron chi connectivity index (χ0n) is 20.6. The number of carbonyl (C=O) groups is 1. The number of hydrogen-bond donors (Lipinski definition) is 2. The lowest BCUT2D eigenvalue weighted by Gasteiger charge is -2.43. The van der Waals surface area contributed by atoms with Crippen LogP contribution >= 0.6 is 11.6 Å². The molecule has 1 amide bonds. The van der Waals surface area contributed by atoms with Gasteiger partial charge in [-0.15, -0.1) is 0 Å². The number of H-pyrrole nitrogens is 1. The number of morpholine rings is 1. The number of aromatic nitrogens is 5. The molecule has 3 N–H and O–H groups in total. The van der Waals surface area contributed by atoms with Crippen molar-refractivity contribution in [2.75, 3.05) is 38.6 Å². The zero-order chi connectivity index (χ0) is 25.2. The molecule has 4 aromatic heterocycles. The highest BCUT2D eigenvalue weighted by Gasteiger charge is 2.41. The molecule has 0 bridgehead atoms. The van der Waals surface area contributed by atoms with Crippen molar-refractivity contribution in [3.63, 3.8) is 0 Å². The smallest absolute Gasteiger partial charge is 0.240 e. The Bertz CT molecular complexity index is 1490. The molecule has 188 valence electrons. The zero-order valence-corrected chi connectivity index (χ0v) is 21.3. The van der Waals surface area contributed by atoms with Crippen LogP contribution in [0.25, 0.3) is 33.3 Å². The maximum absolute atomic E-state index is 13.8. The molecule has 1 saturated heterocycles. The molecule has 2 aliphatic heterocycles. The van der Waals surface area contributed by atoms with E-state index in [1.807, 2.05) is 24.0 Å². The second-order valence-corrected chi connectivity index (χ2v) is 10.5. The fourth-order valence-electron chi connectivity index (χ4n) is 5.73. The molecule has 11 heteroatoms. The number of hydrogen-bond acceptors (Lipinski definition) is 7. The minimum atomic E-state index is -0.442. The molecule has 0 aromatic carbocycles. The molecule has 2 aliphatic rings. The van der Waals surface area contributed by atoms with Crippen molar-refractivity contribution >= 4 is 45.4 Å². The van der Waals surface area contributed by atoms with Crippen LogP contribution in [-0.2, 0) is 21.6 Å². The number of aromatic amines is 1. The number of ether oxygens (including phenoxy) is 1. The number of pyridine rings is 1. The number of nitrogens with zero attached hydrogens (tertiary/aromatic N) is 6. The van der Waals surface area contributed by atoms with Gasteiger partial charge in [0.05, 0.1) is 47.4 Å². The van der Waals surface area contributed by atoms with E-state index < -0.39 is 5.54 Å². The van der Waals surface area contributed by atoms with Crippen LogP contribution in [0.1, 0.15) is 26.5 Å². The van der Waals surface area contributed by atoms with E-state index in [0.29, 0.717) is 48.5 Å². The average molecular weight is 509 g/mol. The first-order valence-corrected chi connectivity index (χ1v) is 12.5. The number of amides is 1. The van der Waals surface area contributed by atoms with E-state index in [1.54, 1.807) is 6.20 Å². The van der Waals surface area contributed by atoms with Crippen LogP contribution in [0.3, 0.4) is 0 Å². The molecule has 0 unspecified atom stereocenters. The molecule has 0 spiro atoms. The van der Waals surface area contributed by atoms with Crippen molar-refractivity contribution in [1.82, 2.24) is 34.3 Å². The molecule has 4 aromatic rings. The number of nitrogens with two attached hydrogens (primary N) is 1. The largest absolute Gasteiger partial charge is 0.383 e. The minimum absolute atomic E-state index is 0.0934. The Kier molecular flexibility index (Phi) is 5.43. The summed E-state index contributed by atoms with van der Waals surface area (Å²) in [6.45, 7) is 9.95.